The molecule has 1 rings (SSSR count). The molecule has 0 spiro atoms. The van der Waals surface area contributed by atoms with E-state index in [0.29, 0.717) is 0 Å². The number of hydrogen-bond acceptors (Lipinski definition) is 1. The molecule has 82 valence electrons. The molecule has 0 saturated carbocycles. The van der Waals surface area contributed by atoms with Gasteiger partial charge in [0.15, 0.2) is 0 Å². The maximum Gasteiger partial charge on any atom is 0.237 e. The Kier molecular flexibility index (Phi) is 5.31. The van der Waals surface area contributed by atoms with Gasteiger partial charge in [-0.1, -0.05) is 19.8 Å². The van der Waals surface area contributed by atoms with Crippen molar-refractivity contribution in [1.82, 2.24) is 4.90 Å². The van der Waals surface area contributed by atoms with Crippen LogP contribution in [0, 0.1) is 5.92 Å². The molecule has 0 N–H and O–H groups in total. The van der Waals surface area contributed by atoms with Gasteiger partial charge in [0.1, 0.15) is 5.88 Å². The maximum absolute atomic E-state index is 11.4. The molecule has 0 aliphatic carbocycles. The number of halogens is 1. The van der Waals surface area contributed by atoms with Gasteiger partial charge in [-0.05, 0) is 25.2 Å². The Bertz CT molecular complexity index is 184. The van der Waals surface area contributed by atoms with Crippen LogP contribution in [0.3, 0.4) is 0 Å². The number of carbonyl (C=O) groups is 1. The molecule has 0 radical (unpaired) electrons. The normalized spacial score (nSPS) is 23.3. The predicted octanol–water partition coefficient (Wildman–Crippen LogP) is 2.65. The van der Waals surface area contributed by atoms with Crippen molar-refractivity contribution in [3.63, 3.8) is 0 Å². The van der Waals surface area contributed by atoms with Crippen LogP contribution in [0.5, 0.6) is 0 Å². The molecule has 1 fully saturated rings. The molecule has 2 nitrogen and oxygen atoms in total. The SMILES string of the molecule is CCCC1CCCN(C(=O)CCl)CC1. The smallest absolute Gasteiger partial charge is 0.237 e. The van der Waals surface area contributed by atoms with E-state index in [4.69, 9.17) is 11.6 Å². The third-order valence-electron chi connectivity index (χ3n) is 3.01. The van der Waals surface area contributed by atoms with Gasteiger partial charge in [0, 0.05) is 13.1 Å². The molecule has 1 heterocycles. The maximum atomic E-state index is 11.4. The second kappa shape index (κ2) is 6.28. The monoisotopic (exact) mass is 217 g/mol. The van der Waals surface area contributed by atoms with Crippen molar-refractivity contribution in [3.8, 4) is 0 Å². The summed E-state index contributed by atoms with van der Waals surface area (Å²) in [7, 11) is 0. The fraction of sp³-hybridized carbons (Fsp3) is 0.909. The summed E-state index contributed by atoms with van der Waals surface area (Å²) in [5, 5.41) is 0. The number of alkyl halides is 1. The van der Waals surface area contributed by atoms with E-state index >= 15 is 0 Å². The summed E-state index contributed by atoms with van der Waals surface area (Å²) in [5.74, 6) is 1.07. The Hall–Kier alpha value is -0.240. The highest BCUT2D eigenvalue weighted by Crippen LogP contribution is 2.21. The highest BCUT2D eigenvalue weighted by molar-refractivity contribution is 6.27. The Labute approximate surface area is 91.6 Å². The van der Waals surface area contributed by atoms with Crippen LogP contribution in [0.2, 0.25) is 0 Å². The zero-order valence-electron chi connectivity index (χ0n) is 8.97. The molecule has 0 aromatic carbocycles. The fourth-order valence-corrected chi connectivity index (χ4v) is 2.37. The number of hydrogen-bond donors (Lipinski definition) is 0. The van der Waals surface area contributed by atoms with E-state index in [1.807, 2.05) is 4.90 Å². The van der Waals surface area contributed by atoms with Crippen LogP contribution in [-0.4, -0.2) is 29.8 Å². The minimum atomic E-state index is 0.101. The average Bonchev–Trinajstić information content (AvgIpc) is 2.43. The lowest BCUT2D eigenvalue weighted by atomic mass is 9.96. The molecule has 0 aromatic heterocycles. The van der Waals surface area contributed by atoms with Crippen LogP contribution in [-0.2, 0) is 4.79 Å². The summed E-state index contributed by atoms with van der Waals surface area (Å²) < 4.78 is 0. The summed E-state index contributed by atoms with van der Waals surface area (Å²) in [6.45, 7) is 4.05. The molecule has 1 aliphatic rings. The van der Waals surface area contributed by atoms with E-state index in [1.54, 1.807) is 0 Å². The first-order valence-electron chi connectivity index (χ1n) is 5.61. The highest BCUT2D eigenvalue weighted by atomic mass is 35.5. The Morgan fingerprint density at radius 3 is 2.86 bits per heavy atom. The Morgan fingerprint density at radius 2 is 2.21 bits per heavy atom. The molecule has 0 bridgehead atoms. The summed E-state index contributed by atoms with van der Waals surface area (Å²) in [4.78, 5) is 13.3. The van der Waals surface area contributed by atoms with Gasteiger partial charge in [-0.3, -0.25) is 4.79 Å². The molecule has 3 heteroatoms. The minimum absolute atomic E-state index is 0.101. The quantitative estimate of drug-likeness (QED) is 0.666. The number of likely N-dealkylation sites (tertiary alicyclic amines) is 1. The topological polar surface area (TPSA) is 20.3 Å². The largest absolute Gasteiger partial charge is 0.342 e. The van der Waals surface area contributed by atoms with E-state index in [-0.39, 0.29) is 11.8 Å². The number of carbonyl (C=O) groups excluding carboxylic acids is 1. The lowest BCUT2D eigenvalue weighted by Crippen LogP contribution is -2.32. The van der Waals surface area contributed by atoms with Gasteiger partial charge in [0.05, 0.1) is 0 Å². The summed E-state index contributed by atoms with van der Waals surface area (Å²) in [6, 6.07) is 0. The predicted molar refractivity (Wildman–Crippen MR) is 59.5 cm³/mol. The van der Waals surface area contributed by atoms with Crippen LogP contribution in [0.15, 0.2) is 0 Å². The van der Waals surface area contributed by atoms with Crippen molar-refractivity contribution in [1.29, 1.82) is 0 Å². The molecule has 1 saturated heterocycles. The van der Waals surface area contributed by atoms with Crippen molar-refractivity contribution in [2.75, 3.05) is 19.0 Å². The fourth-order valence-electron chi connectivity index (χ4n) is 2.20. The van der Waals surface area contributed by atoms with E-state index in [0.717, 1.165) is 31.8 Å². The zero-order chi connectivity index (χ0) is 10.4. The van der Waals surface area contributed by atoms with Gasteiger partial charge < -0.3 is 4.90 Å². The second-order valence-electron chi connectivity index (χ2n) is 4.10. The van der Waals surface area contributed by atoms with Gasteiger partial charge in [-0.15, -0.1) is 11.6 Å². The number of amides is 1. The standard InChI is InChI=1S/C11H20ClNO/c1-2-4-10-5-3-7-13(8-6-10)11(14)9-12/h10H,2-9H2,1H3. The van der Waals surface area contributed by atoms with E-state index < -0.39 is 0 Å². The van der Waals surface area contributed by atoms with Crippen molar-refractivity contribution in [2.45, 2.75) is 39.0 Å². The molecule has 1 aliphatic heterocycles. The summed E-state index contributed by atoms with van der Waals surface area (Å²) >= 11 is 5.54. The first-order chi connectivity index (χ1) is 6.77. The molecular formula is C11H20ClNO. The molecule has 1 atom stereocenters. The van der Waals surface area contributed by atoms with Crippen molar-refractivity contribution < 1.29 is 4.79 Å². The molecular weight excluding hydrogens is 198 g/mol. The molecule has 14 heavy (non-hydrogen) atoms. The Balaban J connectivity index is 2.36. The number of nitrogens with zero attached hydrogens (tertiary/aromatic N) is 1. The van der Waals surface area contributed by atoms with Gasteiger partial charge >= 0.3 is 0 Å². The second-order valence-corrected chi connectivity index (χ2v) is 4.37. The van der Waals surface area contributed by atoms with Gasteiger partial charge in [-0.25, -0.2) is 0 Å². The van der Waals surface area contributed by atoms with E-state index in [9.17, 15) is 4.79 Å². The van der Waals surface area contributed by atoms with Gasteiger partial charge in [-0.2, -0.15) is 0 Å². The molecule has 1 unspecified atom stereocenters. The summed E-state index contributed by atoms with van der Waals surface area (Å²) in [6.07, 6.45) is 6.15. The molecule has 0 aromatic rings. The van der Waals surface area contributed by atoms with Gasteiger partial charge in [0.2, 0.25) is 5.91 Å². The Morgan fingerprint density at radius 1 is 1.43 bits per heavy atom. The van der Waals surface area contributed by atoms with Crippen molar-refractivity contribution in [3.05, 3.63) is 0 Å². The summed E-state index contributed by atoms with van der Waals surface area (Å²) in [5.41, 5.74) is 0. The van der Waals surface area contributed by atoms with Crippen LogP contribution < -0.4 is 0 Å². The van der Waals surface area contributed by atoms with Crippen molar-refractivity contribution >= 4 is 17.5 Å². The third kappa shape index (κ3) is 3.49. The minimum Gasteiger partial charge on any atom is -0.342 e. The average molecular weight is 218 g/mol. The first kappa shape index (κ1) is 11.8. The number of rotatable bonds is 3. The van der Waals surface area contributed by atoms with Gasteiger partial charge in [0.25, 0.3) is 0 Å². The van der Waals surface area contributed by atoms with Crippen molar-refractivity contribution in [2.24, 2.45) is 5.92 Å². The van der Waals surface area contributed by atoms with E-state index in [1.165, 1.54) is 19.3 Å². The lowest BCUT2D eigenvalue weighted by molar-refractivity contribution is -0.128. The highest BCUT2D eigenvalue weighted by Gasteiger charge is 2.19. The van der Waals surface area contributed by atoms with E-state index in [2.05, 4.69) is 6.92 Å². The molecule has 1 amide bonds. The third-order valence-corrected chi connectivity index (χ3v) is 3.24. The first-order valence-corrected chi connectivity index (χ1v) is 6.15. The van der Waals surface area contributed by atoms with Crippen LogP contribution in [0.1, 0.15) is 39.0 Å². The van der Waals surface area contributed by atoms with Crippen LogP contribution >= 0.6 is 11.6 Å². The van der Waals surface area contributed by atoms with Crippen LogP contribution in [0.4, 0.5) is 0 Å². The zero-order valence-corrected chi connectivity index (χ0v) is 9.72. The lowest BCUT2D eigenvalue weighted by Gasteiger charge is -2.19. The van der Waals surface area contributed by atoms with Crippen LogP contribution in [0.25, 0.3) is 0 Å².